The van der Waals surface area contributed by atoms with Gasteiger partial charge in [-0.15, -0.1) is 0 Å². The standard InChI is InChI=1S/C30H35Cl2N3O5S/c1-20(2)17-33-30(37)22(4)34(18-23-8-11-25(40-5)12-9-23)29(36)19-35(28-16-24(31)10-15-27(28)32)41(38,39)26-13-6-21(3)7-14-26/h6-16,20,22H,17-19H2,1-5H3,(H,33,37)/t22-/m0/s1. The number of amides is 2. The normalized spacial score (nSPS) is 12.1. The monoisotopic (exact) mass is 619 g/mol. The molecule has 11 heteroatoms. The van der Waals surface area contributed by atoms with Crippen molar-refractivity contribution >= 4 is 50.7 Å². The molecule has 3 aromatic rings. The Morgan fingerprint density at radius 2 is 1.59 bits per heavy atom. The fourth-order valence-corrected chi connectivity index (χ4v) is 5.85. The van der Waals surface area contributed by atoms with Crippen molar-refractivity contribution in [2.45, 2.75) is 45.2 Å². The van der Waals surface area contributed by atoms with Crippen LogP contribution in [0.2, 0.25) is 10.0 Å². The first-order valence-electron chi connectivity index (χ1n) is 13.1. The van der Waals surface area contributed by atoms with Gasteiger partial charge in [-0.05, 0) is 67.8 Å². The third-order valence-corrected chi connectivity index (χ3v) is 8.76. The van der Waals surface area contributed by atoms with Gasteiger partial charge in [-0.25, -0.2) is 8.42 Å². The van der Waals surface area contributed by atoms with Gasteiger partial charge in [-0.3, -0.25) is 13.9 Å². The number of anilines is 1. The molecule has 0 heterocycles. The van der Waals surface area contributed by atoms with E-state index in [-0.39, 0.29) is 39.0 Å². The zero-order valence-corrected chi connectivity index (χ0v) is 26.1. The largest absolute Gasteiger partial charge is 0.497 e. The minimum atomic E-state index is -4.26. The Balaban J connectivity index is 2.05. The van der Waals surface area contributed by atoms with Gasteiger partial charge in [0.05, 0.1) is 22.7 Å². The van der Waals surface area contributed by atoms with Gasteiger partial charge in [0, 0.05) is 18.1 Å². The highest BCUT2D eigenvalue weighted by molar-refractivity contribution is 7.92. The molecule has 1 N–H and O–H groups in total. The van der Waals surface area contributed by atoms with Crippen LogP contribution in [0, 0.1) is 12.8 Å². The van der Waals surface area contributed by atoms with Crippen LogP contribution in [0.25, 0.3) is 0 Å². The number of nitrogens with one attached hydrogen (secondary N) is 1. The molecule has 220 valence electrons. The number of carbonyl (C=O) groups excluding carboxylic acids is 2. The fraction of sp³-hybridized carbons (Fsp3) is 0.333. The topological polar surface area (TPSA) is 96.0 Å². The number of halogens is 2. The average Bonchev–Trinajstić information content (AvgIpc) is 2.94. The Labute approximate surface area is 252 Å². The molecule has 3 rings (SSSR count). The summed E-state index contributed by atoms with van der Waals surface area (Å²) in [5.41, 5.74) is 1.66. The van der Waals surface area contributed by atoms with Crippen molar-refractivity contribution in [2.75, 3.05) is 24.5 Å². The zero-order valence-electron chi connectivity index (χ0n) is 23.7. The lowest BCUT2D eigenvalue weighted by atomic mass is 10.1. The maximum absolute atomic E-state index is 14.0. The molecule has 2 amide bonds. The third-order valence-electron chi connectivity index (χ3n) is 6.43. The second-order valence-corrected chi connectivity index (χ2v) is 12.8. The molecule has 8 nitrogen and oxygen atoms in total. The molecule has 0 saturated heterocycles. The summed E-state index contributed by atoms with van der Waals surface area (Å²) in [5, 5.41) is 3.21. The van der Waals surface area contributed by atoms with Crippen LogP contribution in [0.1, 0.15) is 31.9 Å². The summed E-state index contributed by atoms with van der Waals surface area (Å²) in [6, 6.07) is 16.9. The van der Waals surface area contributed by atoms with E-state index in [0.29, 0.717) is 12.3 Å². The van der Waals surface area contributed by atoms with Gasteiger partial charge in [0.2, 0.25) is 11.8 Å². The summed E-state index contributed by atoms with van der Waals surface area (Å²) < 4.78 is 34.0. The number of aryl methyl sites for hydroxylation is 1. The Morgan fingerprint density at radius 1 is 0.951 bits per heavy atom. The van der Waals surface area contributed by atoms with E-state index in [0.717, 1.165) is 15.4 Å². The van der Waals surface area contributed by atoms with Crippen molar-refractivity contribution in [2.24, 2.45) is 5.92 Å². The number of nitrogens with zero attached hydrogens (tertiary/aromatic N) is 2. The minimum absolute atomic E-state index is 0.0172. The summed E-state index contributed by atoms with van der Waals surface area (Å²) in [7, 11) is -2.71. The molecule has 0 unspecified atom stereocenters. The number of hydrogen-bond donors (Lipinski definition) is 1. The molecule has 0 aliphatic rings. The number of rotatable bonds is 12. The van der Waals surface area contributed by atoms with E-state index in [1.165, 1.54) is 35.2 Å². The summed E-state index contributed by atoms with van der Waals surface area (Å²) in [4.78, 5) is 28.4. The van der Waals surface area contributed by atoms with Gasteiger partial charge in [-0.1, -0.05) is 66.9 Å². The molecule has 0 spiro atoms. The highest BCUT2D eigenvalue weighted by atomic mass is 35.5. The lowest BCUT2D eigenvalue weighted by Gasteiger charge is -2.32. The number of benzene rings is 3. The molecular formula is C30H35Cl2N3O5S. The van der Waals surface area contributed by atoms with Crippen LogP contribution in [-0.4, -0.2) is 51.4 Å². The Kier molecular flexibility index (Phi) is 11.1. The smallest absolute Gasteiger partial charge is 0.264 e. The van der Waals surface area contributed by atoms with Crippen LogP contribution in [0.5, 0.6) is 5.75 Å². The van der Waals surface area contributed by atoms with E-state index in [1.54, 1.807) is 50.4 Å². The number of carbonyl (C=O) groups is 2. The first-order chi connectivity index (χ1) is 19.3. The van der Waals surface area contributed by atoms with Gasteiger partial charge in [0.1, 0.15) is 18.3 Å². The van der Waals surface area contributed by atoms with Crippen LogP contribution >= 0.6 is 23.2 Å². The predicted molar refractivity (Wildman–Crippen MR) is 163 cm³/mol. The third kappa shape index (κ3) is 8.38. The van der Waals surface area contributed by atoms with Gasteiger partial charge in [-0.2, -0.15) is 0 Å². The second kappa shape index (κ2) is 14.1. The van der Waals surface area contributed by atoms with E-state index in [4.69, 9.17) is 27.9 Å². The van der Waals surface area contributed by atoms with Gasteiger partial charge in [0.25, 0.3) is 10.0 Å². The van der Waals surface area contributed by atoms with Crippen LogP contribution in [0.15, 0.2) is 71.6 Å². The van der Waals surface area contributed by atoms with Crippen molar-refractivity contribution in [1.82, 2.24) is 10.2 Å². The van der Waals surface area contributed by atoms with Crippen molar-refractivity contribution in [3.63, 3.8) is 0 Å². The van der Waals surface area contributed by atoms with E-state index in [1.807, 2.05) is 20.8 Å². The molecule has 0 aromatic heterocycles. The molecule has 0 fully saturated rings. The quantitative estimate of drug-likeness (QED) is 0.281. The first kappa shape index (κ1) is 32.2. The summed E-state index contributed by atoms with van der Waals surface area (Å²) in [6.45, 7) is 7.26. The van der Waals surface area contributed by atoms with Crippen LogP contribution in [0.3, 0.4) is 0 Å². The van der Waals surface area contributed by atoms with Gasteiger partial charge in [0.15, 0.2) is 0 Å². The van der Waals surface area contributed by atoms with Gasteiger partial charge < -0.3 is 15.0 Å². The van der Waals surface area contributed by atoms with Crippen molar-refractivity contribution in [1.29, 1.82) is 0 Å². The molecule has 0 radical (unpaired) electrons. The Morgan fingerprint density at radius 3 is 2.17 bits per heavy atom. The summed E-state index contributed by atoms with van der Waals surface area (Å²) >= 11 is 12.7. The number of ether oxygens (including phenoxy) is 1. The van der Waals surface area contributed by atoms with Crippen molar-refractivity contribution < 1.29 is 22.7 Å². The van der Waals surface area contributed by atoms with E-state index >= 15 is 0 Å². The molecule has 41 heavy (non-hydrogen) atoms. The maximum atomic E-state index is 14.0. The SMILES string of the molecule is COc1ccc(CN(C(=O)CN(c2cc(Cl)ccc2Cl)S(=O)(=O)c2ccc(C)cc2)[C@@H](C)C(=O)NCC(C)C)cc1. The van der Waals surface area contributed by atoms with Gasteiger partial charge >= 0.3 is 0 Å². The number of sulfonamides is 1. The summed E-state index contributed by atoms with van der Waals surface area (Å²) in [5.74, 6) is -0.105. The minimum Gasteiger partial charge on any atom is -0.497 e. The van der Waals surface area contributed by atoms with E-state index < -0.39 is 28.5 Å². The molecule has 3 aromatic carbocycles. The molecule has 0 aliphatic heterocycles. The molecular weight excluding hydrogens is 585 g/mol. The highest BCUT2D eigenvalue weighted by Crippen LogP contribution is 2.33. The van der Waals surface area contributed by atoms with Crippen molar-refractivity contribution in [3.05, 3.63) is 87.9 Å². The second-order valence-electron chi connectivity index (χ2n) is 10.1. The number of methoxy groups -OCH3 is 1. The lowest BCUT2D eigenvalue weighted by Crippen LogP contribution is -2.51. The average molecular weight is 621 g/mol. The van der Waals surface area contributed by atoms with Crippen LogP contribution in [-0.2, 0) is 26.2 Å². The highest BCUT2D eigenvalue weighted by Gasteiger charge is 2.33. The fourth-order valence-electron chi connectivity index (χ4n) is 3.99. The van der Waals surface area contributed by atoms with Crippen LogP contribution < -0.4 is 14.4 Å². The van der Waals surface area contributed by atoms with Crippen molar-refractivity contribution in [3.8, 4) is 5.75 Å². The zero-order chi connectivity index (χ0) is 30.3. The Bertz CT molecular complexity index is 1460. The first-order valence-corrected chi connectivity index (χ1v) is 15.3. The predicted octanol–water partition coefficient (Wildman–Crippen LogP) is 5.70. The lowest BCUT2D eigenvalue weighted by molar-refractivity contribution is -0.139. The van der Waals surface area contributed by atoms with E-state index in [2.05, 4.69) is 5.32 Å². The van der Waals surface area contributed by atoms with Crippen LogP contribution in [0.4, 0.5) is 5.69 Å². The maximum Gasteiger partial charge on any atom is 0.264 e. The molecule has 1 atom stereocenters. The number of hydrogen-bond acceptors (Lipinski definition) is 5. The molecule has 0 aliphatic carbocycles. The Hall–Kier alpha value is -3.27. The molecule has 0 saturated carbocycles. The summed E-state index contributed by atoms with van der Waals surface area (Å²) in [6.07, 6.45) is 0. The molecule has 0 bridgehead atoms. The van der Waals surface area contributed by atoms with E-state index in [9.17, 15) is 18.0 Å².